The normalized spacial score (nSPS) is 14.8. The van der Waals surface area contributed by atoms with Gasteiger partial charge in [0.25, 0.3) is 0 Å². The first-order valence-electron chi connectivity index (χ1n) is 12.6. The van der Waals surface area contributed by atoms with Crippen LogP contribution < -0.4 is 9.64 Å². The van der Waals surface area contributed by atoms with Crippen LogP contribution in [0.5, 0.6) is 5.75 Å². The number of piperidine rings is 1. The van der Waals surface area contributed by atoms with Crippen LogP contribution in [-0.4, -0.2) is 39.9 Å². The number of methoxy groups -OCH3 is 1. The number of aromatic nitrogens is 4. The molecule has 0 N–H and O–H groups in total. The highest BCUT2D eigenvalue weighted by Crippen LogP contribution is 2.40. The summed E-state index contributed by atoms with van der Waals surface area (Å²) in [5.74, 6) is 1.49. The minimum absolute atomic E-state index is 0.574. The third kappa shape index (κ3) is 4.46. The molecule has 0 bridgehead atoms. The van der Waals surface area contributed by atoms with Crippen molar-refractivity contribution in [3.05, 3.63) is 94.7 Å². The van der Waals surface area contributed by atoms with E-state index in [1.54, 1.807) is 13.4 Å². The first kappa shape index (κ1) is 25.2. The zero-order valence-electron chi connectivity index (χ0n) is 21.2. The maximum Gasteiger partial charge on any atom is 0.160 e. The van der Waals surface area contributed by atoms with Crippen LogP contribution >= 0.6 is 23.2 Å². The van der Waals surface area contributed by atoms with Gasteiger partial charge in [-0.2, -0.15) is 10.4 Å². The molecule has 0 saturated carbocycles. The van der Waals surface area contributed by atoms with Gasteiger partial charge < -0.3 is 9.64 Å². The number of fused-ring (bicyclic) bond motifs is 1. The Kier molecular flexibility index (Phi) is 6.59. The monoisotopic (exact) mass is 554 g/mol. The Balaban J connectivity index is 1.43. The van der Waals surface area contributed by atoms with E-state index in [4.69, 9.17) is 33.0 Å². The second-order valence-electron chi connectivity index (χ2n) is 9.53. The molecule has 194 valence electrons. The van der Waals surface area contributed by atoms with Crippen LogP contribution in [0.3, 0.4) is 0 Å². The summed E-state index contributed by atoms with van der Waals surface area (Å²) in [7, 11) is 1.64. The summed E-state index contributed by atoms with van der Waals surface area (Å²) in [5, 5.41) is 16.5. The van der Waals surface area contributed by atoms with Crippen molar-refractivity contribution >= 4 is 40.1 Å². The highest BCUT2D eigenvalue weighted by atomic mass is 35.5. The fourth-order valence-corrected chi connectivity index (χ4v) is 5.61. The molecule has 0 spiro atoms. The Morgan fingerprint density at radius 1 is 0.923 bits per heavy atom. The lowest BCUT2D eigenvalue weighted by Crippen LogP contribution is -2.42. The van der Waals surface area contributed by atoms with Crippen LogP contribution in [0.4, 0.5) is 5.82 Å². The molecule has 3 heterocycles. The molecule has 1 saturated heterocycles. The van der Waals surface area contributed by atoms with Gasteiger partial charge in [-0.15, -0.1) is 0 Å². The number of benzene rings is 3. The fourth-order valence-electron chi connectivity index (χ4n) is 5.27. The Morgan fingerprint density at radius 2 is 1.69 bits per heavy atom. The van der Waals surface area contributed by atoms with Crippen molar-refractivity contribution in [3.8, 4) is 28.8 Å². The van der Waals surface area contributed by atoms with Crippen molar-refractivity contribution in [2.45, 2.75) is 18.3 Å². The van der Waals surface area contributed by atoms with E-state index in [9.17, 15) is 5.26 Å². The topological polar surface area (TPSA) is 79.9 Å². The number of halogens is 2. The molecule has 39 heavy (non-hydrogen) atoms. The molecule has 2 aromatic heterocycles. The van der Waals surface area contributed by atoms with E-state index in [1.807, 2.05) is 77.5 Å². The van der Waals surface area contributed by atoms with Crippen LogP contribution in [0.15, 0.2) is 79.1 Å². The minimum Gasteiger partial charge on any atom is -0.497 e. The lowest BCUT2D eigenvalue weighted by atomic mass is 9.74. The summed E-state index contributed by atoms with van der Waals surface area (Å²) in [6.45, 7) is 1.29. The van der Waals surface area contributed by atoms with E-state index in [2.05, 4.69) is 20.9 Å². The summed E-state index contributed by atoms with van der Waals surface area (Å²) in [4.78, 5) is 11.5. The van der Waals surface area contributed by atoms with Gasteiger partial charge in [-0.05, 0) is 54.8 Å². The summed E-state index contributed by atoms with van der Waals surface area (Å²) >= 11 is 12.8. The molecule has 0 amide bonds. The average molecular weight is 555 g/mol. The molecule has 0 radical (unpaired) electrons. The molecule has 6 rings (SSSR count). The molecule has 9 heteroatoms. The van der Waals surface area contributed by atoms with Crippen LogP contribution in [0.25, 0.3) is 28.0 Å². The number of anilines is 1. The van der Waals surface area contributed by atoms with Gasteiger partial charge >= 0.3 is 0 Å². The van der Waals surface area contributed by atoms with Crippen molar-refractivity contribution in [3.63, 3.8) is 0 Å². The lowest BCUT2D eigenvalue weighted by molar-refractivity contribution is 0.399. The van der Waals surface area contributed by atoms with E-state index in [-0.39, 0.29) is 0 Å². The maximum atomic E-state index is 10.3. The second kappa shape index (κ2) is 10.2. The van der Waals surface area contributed by atoms with Crippen LogP contribution in [-0.2, 0) is 5.41 Å². The van der Waals surface area contributed by atoms with Crippen LogP contribution in [0, 0.1) is 11.3 Å². The van der Waals surface area contributed by atoms with Gasteiger partial charge in [0.1, 0.15) is 23.3 Å². The van der Waals surface area contributed by atoms with E-state index < -0.39 is 5.41 Å². The first-order valence-corrected chi connectivity index (χ1v) is 13.3. The predicted molar refractivity (Wildman–Crippen MR) is 154 cm³/mol. The smallest absolute Gasteiger partial charge is 0.160 e. The predicted octanol–water partition coefficient (Wildman–Crippen LogP) is 6.86. The molecule has 0 unspecified atom stereocenters. The molecule has 0 aliphatic carbocycles. The second-order valence-corrected chi connectivity index (χ2v) is 10.4. The van der Waals surface area contributed by atoms with Gasteiger partial charge in [0.2, 0.25) is 0 Å². The molecule has 5 aromatic rings. The van der Waals surface area contributed by atoms with E-state index in [1.165, 1.54) is 0 Å². The summed E-state index contributed by atoms with van der Waals surface area (Å²) in [5.41, 5.74) is 4.23. The SMILES string of the molecule is COc1cccc(C2(C#N)CCN(c3ncnc4c(-c5ccc(Cl)cc5)n(-c5ccccc5Cl)nc34)CC2)c1. The number of rotatable bonds is 5. The fraction of sp³-hybridized carbons (Fsp3) is 0.200. The van der Waals surface area contributed by atoms with Crippen LogP contribution in [0.2, 0.25) is 10.0 Å². The molecular weight excluding hydrogens is 531 g/mol. The summed E-state index contributed by atoms with van der Waals surface area (Å²) in [6.07, 6.45) is 2.87. The molecule has 1 aliphatic rings. The summed E-state index contributed by atoms with van der Waals surface area (Å²) < 4.78 is 7.24. The van der Waals surface area contributed by atoms with E-state index in [0.29, 0.717) is 47.0 Å². The molecule has 1 fully saturated rings. The van der Waals surface area contributed by atoms with E-state index >= 15 is 0 Å². The molecule has 7 nitrogen and oxygen atoms in total. The van der Waals surface area contributed by atoms with Gasteiger partial charge in [-0.25, -0.2) is 14.6 Å². The third-order valence-corrected chi connectivity index (χ3v) is 7.96. The Hall–Kier alpha value is -4.12. The van der Waals surface area contributed by atoms with Crippen LogP contribution in [0.1, 0.15) is 18.4 Å². The van der Waals surface area contributed by atoms with Gasteiger partial charge in [0.15, 0.2) is 11.3 Å². The maximum absolute atomic E-state index is 10.3. The number of nitriles is 1. The lowest BCUT2D eigenvalue weighted by Gasteiger charge is -2.38. The first-order chi connectivity index (χ1) is 19.0. The molecule has 1 aliphatic heterocycles. The number of hydrogen-bond acceptors (Lipinski definition) is 6. The number of ether oxygens (including phenoxy) is 1. The quantitative estimate of drug-likeness (QED) is 0.236. The zero-order valence-corrected chi connectivity index (χ0v) is 22.7. The van der Waals surface area contributed by atoms with Crippen molar-refractivity contribution in [2.75, 3.05) is 25.1 Å². The summed E-state index contributed by atoms with van der Waals surface area (Å²) in [6, 6.07) is 25.6. The van der Waals surface area contributed by atoms with Crippen molar-refractivity contribution in [2.24, 2.45) is 0 Å². The van der Waals surface area contributed by atoms with Crippen molar-refractivity contribution in [1.29, 1.82) is 5.26 Å². The Labute approximate surface area is 236 Å². The molecular formula is C30H24Cl2N6O. The molecule has 3 aromatic carbocycles. The minimum atomic E-state index is -0.595. The Bertz CT molecular complexity index is 1700. The Morgan fingerprint density at radius 3 is 2.41 bits per heavy atom. The highest BCUT2D eigenvalue weighted by molar-refractivity contribution is 6.32. The van der Waals surface area contributed by atoms with E-state index in [0.717, 1.165) is 34.1 Å². The standard InChI is InChI=1S/C30H24Cl2N6O/c1-39-23-6-4-5-21(17-23)30(18-33)13-15-37(16-14-30)29-27-26(34-19-35-29)28(20-9-11-22(31)12-10-20)38(36-27)25-8-3-2-7-24(25)32/h2-12,17,19H,13-16H2,1H3. The van der Waals surface area contributed by atoms with Crippen molar-refractivity contribution < 1.29 is 4.74 Å². The third-order valence-electron chi connectivity index (χ3n) is 7.39. The highest BCUT2D eigenvalue weighted by Gasteiger charge is 2.38. The number of para-hydroxylation sites is 1. The number of hydrogen-bond donors (Lipinski definition) is 0. The van der Waals surface area contributed by atoms with Gasteiger partial charge in [-0.1, -0.05) is 59.6 Å². The number of nitrogens with zero attached hydrogens (tertiary/aromatic N) is 6. The van der Waals surface area contributed by atoms with Gasteiger partial charge in [0, 0.05) is 23.7 Å². The van der Waals surface area contributed by atoms with Crippen molar-refractivity contribution in [1.82, 2.24) is 19.7 Å². The zero-order chi connectivity index (χ0) is 27.0. The molecule has 0 atom stereocenters. The van der Waals surface area contributed by atoms with Gasteiger partial charge in [0.05, 0.1) is 29.3 Å². The van der Waals surface area contributed by atoms with Gasteiger partial charge in [-0.3, -0.25) is 0 Å². The average Bonchev–Trinajstić information content (AvgIpc) is 3.37. The largest absolute Gasteiger partial charge is 0.497 e.